The molecule has 2 rings (SSSR count). The molecule has 0 heterocycles. The van der Waals surface area contributed by atoms with Gasteiger partial charge in [0.15, 0.2) is 0 Å². The molecular formula is C17H20FNS. The van der Waals surface area contributed by atoms with Crippen molar-refractivity contribution in [2.24, 2.45) is 0 Å². The number of hydrogen-bond donors (Lipinski definition) is 1. The first-order valence-electron chi connectivity index (χ1n) is 6.71. The number of rotatable bonds is 5. The van der Waals surface area contributed by atoms with Crippen molar-refractivity contribution in [2.45, 2.75) is 31.0 Å². The highest BCUT2D eigenvalue weighted by atomic mass is 32.2. The van der Waals surface area contributed by atoms with Crippen molar-refractivity contribution < 1.29 is 4.39 Å². The van der Waals surface area contributed by atoms with Gasteiger partial charge in [-0.2, -0.15) is 0 Å². The van der Waals surface area contributed by atoms with Crippen LogP contribution in [-0.4, -0.2) is 7.05 Å². The molecule has 1 N–H and O–H groups in total. The van der Waals surface area contributed by atoms with Gasteiger partial charge in [0.25, 0.3) is 0 Å². The van der Waals surface area contributed by atoms with Gasteiger partial charge >= 0.3 is 0 Å². The highest BCUT2D eigenvalue weighted by Crippen LogP contribution is 2.27. The largest absolute Gasteiger partial charge is 0.316 e. The SMILES string of the molecule is CNCc1ccc(SCc2cc(C)cc(C)c2)c(F)c1. The first kappa shape index (κ1) is 15.1. The summed E-state index contributed by atoms with van der Waals surface area (Å²) in [4.78, 5) is 0.712. The number of hydrogen-bond acceptors (Lipinski definition) is 2. The van der Waals surface area contributed by atoms with Gasteiger partial charge in [-0.15, -0.1) is 11.8 Å². The van der Waals surface area contributed by atoms with E-state index in [9.17, 15) is 4.39 Å². The second-order valence-corrected chi connectivity index (χ2v) is 6.10. The van der Waals surface area contributed by atoms with E-state index in [1.165, 1.54) is 16.7 Å². The molecule has 0 aromatic heterocycles. The molecule has 0 radical (unpaired) electrons. The first-order chi connectivity index (χ1) is 9.58. The van der Waals surface area contributed by atoms with Crippen LogP contribution >= 0.6 is 11.8 Å². The van der Waals surface area contributed by atoms with Crippen LogP contribution in [0.1, 0.15) is 22.3 Å². The minimum absolute atomic E-state index is 0.132. The summed E-state index contributed by atoms with van der Waals surface area (Å²) in [7, 11) is 1.86. The van der Waals surface area contributed by atoms with E-state index in [2.05, 4.69) is 37.4 Å². The number of benzene rings is 2. The highest BCUT2D eigenvalue weighted by Gasteiger charge is 2.05. The Bertz CT molecular complexity index is 575. The Hall–Kier alpha value is -1.32. The molecule has 0 atom stereocenters. The van der Waals surface area contributed by atoms with Crippen LogP contribution in [0, 0.1) is 19.7 Å². The summed E-state index contributed by atoms with van der Waals surface area (Å²) < 4.78 is 14.0. The quantitative estimate of drug-likeness (QED) is 0.816. The van der Waals surface area contributed by atoms with Gasteiger partial charge in [0.1, 0.15) is 5.82 Å². The van der Waals surface area contributed by atoms with Gasteiger partial charge in [-0.25, -0.2) is 4.39 Å². The average Bonchev–Trinajstić information content (AvgIpc) is 2.37. The summed E-state index contributed by atoms with van der Waals surface area (Å²) in [6.07, 6.45) is 0. The Morgan fingerprint density at radius 2 is 1.70 bits per heavy atom. The van der Waals surface area contributed by atoms with Crippen molar-refractivity contribution >= 4 is 11.8 Å². The van der Waals surface area contributed by atoms with Gasteiger partial charge in [-0.1, -0.05) is 35.4 Å². The van der Waals surface area contributed by atoms with E-state index in [1.807, 2.05) is 19.2 Å². The van der Waals surface area contributed by atoms with Crippen LogP contribution in [0.5, 0.6) is 0 Å². The first-order valence-corrected chi connectivity index (χ1v) is 7.70. The average molecular weight is 289 g/mol. The number of nitrogens with one attached hydrogen (secondary N) is 1. The molecule has 0 amide bonds. The Morgan fingerprint density at radius 1 is 1.00 bits per heavy atom. The van der Waals surface area contributed by atoms with Crippen molar-refractivity contribution in [1.29, 1.82) is 0 Å². The molecule has 2 aromatic rings. The zero-order chi connectivity index (χ0) is 14.5. The van der Waals surface area contributed by atoms with E-state index in [4.69, 9.17) is 0 Å². The molecule has 0 unspecified atom stereocenters. The molecule has 0 saturated heterocycles. The van der Waals surface area contributed by atoms with E-state index in [-0.39, 0.29) is 5.82 Å². The third-order valence-electron chi connectivity index (χ3n) is 3.05. The summed E-state index contributed by atoms with van der Waals surface area (Å²) in [5.41, 5.74) is 4.72. The predicted octanol–water partition coefficient (Wildman–Crippen LogP) is 4.45. The van der Waals surface area contributed by atoms with Crippen LogP contribution in [0.15, 0.2) is 41.3 Å². The molecule has 0 aliphatic carbocycles. The van der Waals surface area contributed by atoms with Gasteiger partial charge < -0.3 is 5.32 Å². The minimum Gasteiger partial charge on any atom is -0.316 e. The van der Waals surface area contributed by atoms with Crippen molar-refractivity contribution in [2.75, 3.05) is 7.05 Å². The van der Waals surface area contributed by atoms with E-state index in [0.29, 0.717) is 11.4 Å². The van der Waals surface area contributed by atoms with E-state index >= 15 is 0 Å². The summed E-state index contributed by atoms with van der Waals surface area (Å²) >= 11 is 1.55. The van der Waals surface area contributed by atoms with Crippen LogP contribution in [0.4, 0.5) is 4.39 Å². The fraction of sp³-hybridized carbons (Fsp3) is 0.294. The van der Waals surface area contributed by atoms with Crippen molar-refractivity contribution in [3.05, 3.63) is 64.5 Å². The zero-order valence-corrected chi connectivity index (χ0v) is 13.0. The topological polar surface area (TPSA) is 12.0 Å². The van der Waals surface area contributed by atoms with Crippen LogP contribution in [-0.2, 0) is 12.3 Å². The Morgan fingerprint density at radius 3 is 2.30 bits per heavy atom. The minimum atomic E-state index is -0.132. The van der Waals surface area contributed by atoms with E-state index in [1.54, 1.807) is 17.8 Å². The van der Waals surface area contributed by atoms with Gasteiger partial charge in [0.05, 0.1) is 0 Å². The maximum atomic E-state index is 14.0. The summed E-state index contributed by atoms with van der Waals surface area (Å²) in [5, 5.41) is 3.03. The normalized spacial score (nSPS) is 10.8. The molecule has 0 bridgehead atoms. The number of aryl methyl sites for hydroxylation is 2. The Kier molecular flexibility index (Phi) is 5.21. The molecule has 0 saturated carbocycles. The molecular weight excluding hydrogens is 269 g/mol. The molecule has 0 aliphatic rings. The monoisotopic (exact) mass is 289 g/mol. The van der Waals surface area contributed by atoms with Crippen molar-refractivity contribution in [3.63, 3.8) is 0 Å². The third kappa shape index (κ3) is 4.09. The second kappa shape index (κ2) is 6.91. The molecule has 106 valence electrons. The van der Waals surface area contributed by atoms with Gasteiger partial charge in [-0.3, -0.25) is 0 Å². The lowest BCUT2D eigenvalue weighted by molar-refractivity contribution is 0.598. The Labute approximate surface area is 124 Å². The second-order valence-electron chi connectivity index (χ2n) is 5.08. The van der Waals surface area contributed by atoms with Crippen molar-refractivity contribution in [1.82, 2.24) is 5.32 Å². The van der Waals surface area contributed by atoms with Crippen LogP contribution < -0.4 is 5.32 Å². The third-order valence-corrected chi connectivity index (χ3v) is 4.17. The van der Waals surface area contributed by atoms with Gasteiger partial charge in [0.2, 0.25) is 0 Å². The van der Waals surface area contributed by atoms with E-state index in [0.717, 1.165) is 11.3 Å². The lowest BCUT2D eigenvalue weighted by Gasteiger charge is -2.07. The smallest absolute Gasteiger partial charge is 0.137 e. The van der Waals surface area contributed by atoms with Crippen LogP contribution in [0.25, 0.3) is 0 Å². The van der Waals surface area contributed by atoms with Gasteiger partial charge in [-0.05, 0) is 44.2 Å². The lowest BCUT2D eigenvalue weighted by Crippen LogP contribution is -2.05. The number of halogens is 1. The standard InChI is InChI=1S/C17H20FNS/c1-12-6-13(2)8-15(7-12)11-20-17-5-4-14(10-19-3)9-16(17)18/h4-9,19H,10-11H2,1-3H3. The molecule has 0 aliphatic heterocycles. The van der Waals surface area contributed by atoms with Crippen LogP contribution in [0.2, 0.25) is 0 Å². The van der Waals surface area contributed by atoms with E-state index < -0.39 is 0 Å². The Balaban J connectivity index is 2.06. The van der Waals surface area contributed by atoms with Gasteiger partial charge in [0, 0.05) is 17.2 Å². The molecule has 3 heteroatoms. The molecule has 2 aromatic carbocycles. The van der Waals surface area contributed by atoms with Crippen molar-refractivity contribution in [3.8, 4) is 0 Å². The summed E-state index contributed by atoms with van der Waals surface area (Å²) in [6.45, 7) is 4.88. The predicted molar refractivity (Wildman–Crippen MR) is 84.6 cm³/mol. The fourth-order valence-electron chi connectivity index (χ4n) is 2.29. The molecule has 0 fully saturated rings. The number of thioether (sulfide) groups is 1. The maximum absolute atomic E-state index is 14.0. The van der Waals surface area contributed by atoms with Crippen LogP contribution in [0.3, 0.4) is 0 Å². The molecule has 0 spiro atoms. The highest BCUT2D eigenvalue weighted by molar-refractivity contribution is 7.98. The zero-order valence-electron chi connectivity index (χ0n) is 12.2. The summed E-state index contributed by atoms with van der Waals surface area (Å²) in [6, 6.07) is 11.9. The lowest BCUT2D eigenvalue weighted by atomic mass is 10.1. The maximum Gasteiger partial charge on any atom is 0.137 e. The summed E-state index contributed by atoms with van der Waals surface area (Å²) in [5.74, 6) is 0.664. The molecule has 20 heavy (non-hydrogen) atoms. The molecule has 1 nitrogen and oxygen atoms in total. The fourth-order valence-corrected chi connectivity index (χ4v) is 3.14.